The summed E-state index contributed by atoms with van der Waals surface area (Å²) in [5, 5.41) is 3.48. The van der Waals surface area contributed by atoms with Gasteiger partial charge in [0.1, 0.15) is 5.78 Å². The maximum atomic E-state index is 13.9. The van der Waals surface area contributed by atoms with Gasteiger partial charge in [-0.05, 0) is 61.3 Å². The average Bonchev–Trinajstić information content (AvgIpc) is 3.24. The van der Waals surface area contributed by atoms with Gasteiger partial charge >= 0.3 is 7.12 Å². The number of hydrogen-bond donors (Lipinski definition) is 1. The summed E-state index contributed by atoms with van der Waals surface area (Å²) in [4.78, 5) is 22.4. The second-order valence-electron chi connectivity index (χ2n) is 12.7. The molecule has 0 spiro atoms. The number of aromatic nitrogens is 2. The lowest BCUT2D eigenvalue weighted by Crippen LogP contribution is -2.65. The first-order valence-electron chi connectivity index (χ1n) is 14.0. The van der Waals surface area contributed by atoms with Gasteiger partial charge in [0, 0.05) is 37.4 Å². The molecule has 2 bridgehead atoms. The maximum Gasteiger partial charge on any atom is 0.461 e. The molecule has 7 heteroatoms. The Morgan fingerprint density at radius 3 is 2.62 bits per heavy atom. The van der Waals surface area contributed by atoms with Crippen LogP contribution < -0.4 is 5.32 Å². The molecule has 0 radical (unpaired) electrons. The van der Waals surface area contributed by atoms with E-state index in [-0.39, 0.29) is 36.5 Å². The van der Waals surface area contributed by atoms with Crippen molar-refractivity contribution in [1.29, 1.82) is 0 Å². The molecule has 1 aromatic carbocycles. The van der Waals surface area contributed by atoms with Crippen molar-refractivity contribution in [2.45, 2.75) is 96.8 Å². The fourth-order valence-corrected chi connectivity index (χ4v) is 7.20. The number of hydrogen-bond acceptors (Lipinski definition) is 6. The number of carbonyl (C=O) groups excluding carboxylic acids is 1. The van der Waals surface area contributed by atoms with E-state index >= 15 is 0 Å². The van der Waals surface area contributed by atoms with E-state index in [9.17, 15) is 4.79 Å². The molecule has 1 aliphatic heterocycles. The molecular weight excluding hydrogens is 461 g/mol. The summed E-state index contributed by atoms with van der Waals surface area (Å²) in [7, 11) is -0.325. The Morgan fingerprint density at radius 2 is 1.95 bits per heavy atom. The summed E-state index contributed by atoms with van der Waals surface area (Å²) >= 11 is 0. The minimum atomic E-state index is -0.325. The van der Waals surface area contributed by atoms with Crippen molar-refractivity contribution in [2.75, 3.05) is 0 Å². The third-order valence-corrected chi connectivity index (χ3v) is 9.41. The number of ketones is 1. The molecule has 2 heterocycles. The van der Waals surface area contributed by atoms with Gasteiger partial charge in [-0.25, -0.2) is 0 Å². The third-order valence-electron chi connectivity index (χ3n) is 9.41. The number of Topliss-reactive ketones (excluding diaryl/α,β-unsaturated/α-hetero) is 1. The van der Waals surface area contributed by atoms with Gasteiger partial charge in [-0.2, -0.15) is 0 Å². The minimum absolute atomic E-state index is 0.0341. The molecule has 6 atom stereocenters. The lowest BCUT2D eigenvalue weighted by molar-refractivity contribution is -0.199. The van der Waals surface area contributed by atoms with Crippen molar-refractivity contribution < 1.29 is 14.1 Å². The SMILES string of the molecule is CC(C)C[C@H](CC(=O)[C@H](Cc1ccccc1)NCc1cnccn1)B1O[C@@H]2C[C@@H]3C[C@@H](C3(C)C)[C@]2(C)O1. The molecule has 6 rings (SSSR count). The molecule has 0 amide bonds. The van der Waals surface area contributed by atoms with Gasteiger partial charge in [0.15, 0.2) is 0 Å². The van der Waals surface area contributed by atoms with E-state index in [1.807, 2.05) is 18.2 Å². The molecule has 198 valence electrons. The first-order chi connectivity index (χ1) is 17.7. The lowest BCUT2D eigenvalue weighted by Gasteiger charge is -2.64. The second-order valence-corrected chi connectivity index (χ2v) is 12.7. The third kappa shape index (κ3) is 5.41. The van der Waals surface area contributed by atoms with Gasteiger partial charge in [0.05, 0.1) is 23.4 Å². The molecule has 37 heavy (non-hydrogen) atoms. The molecule has 1 aromatic heterocycles. The van der Waals surface area contributed by atoms with Crippen LogP contribution in [0.2, 0.25) is 5.82 Å². The quantitative estimate of drug-likeness (QED) is 0.421. The zero-order chi connectivity index (χ0) is 26.2. The summed E-state index contributed by atoms with van der Waals surface area (Å²) in [6.45, 7) is 12.0. The van der Waals surface area contributed by atoms with Gasteiger partial charge in [0.25, 0.3) is 0 Å². The standard InChI is InChI=1S/C30H42BN3O3/c1-20(2)13-23(31-36-28-16-22-15-27(29(22,3)4)30(28,5)37-31)17-26(35)25(14-21-9-7-6-8-10-21)34-19-24-18-32-11-12-33-24/h6-12,18,20,22-23,25,27-28,34H,13-17,19H2,1-5H3/t22-,23+,25-,27-,28+,30-/m0/s1. The van der Waals surface area contributed by atoms with E-state index in [2.05, 4.69) is 62.0 Å². The Bertz CT molecular complexity index is 1070. The molecule has 2 aromatic rings. The molecule has 0 unspecified atom stereocenters. The first kappa shape index (κ1) is 26.5. The Labute approximate surface area is 222 Å². The molecular formula is C30H42BN3O3. The van der Waals surface area contributed by atoms with Crippen LogP contribution in [-0.4, -0.2) is 40.6 Å². The van der Waals surface area contributed by atoms with Crippen molar-refractivity contribution in [2.24, 2.45) is 23.2 Å². The monoisotopic (exact) mass is 503 g/mol. The second kappa shape index (κ2) is 10.6. The number of nitrogens with one attached hydrogen (secondary N) is 1. The number of benzene rings is 1. The van der Waals surface area contributed by atoms with Crippen molar-refractivity contribution in [3.05, 3.63) is 60.2 Å². The van der Waals surface area contributed by atoms with E-state index in [4.69, 9.17) is 9.31 Å². The van der Waals surface area contributed by atoms with Crippen LogP contribution >= 0.6 is 0 Å². The Hall–Kier alpha value is -2.09. The van der Waals surface area contributed by atoms with Crippen LogP contribution in [0.4, 0.5) is 0 Å². The van der Waals surface area contributed by atoms with E-state index in [1.165, 1.54) is 6.42 Å². The smallest absolute Gasteiger partial charge is 0.405 e. The Balaban J connectivity index is 1.31. The normalized spacial score (nSPS) is 29.5. The van der Waals surface area contributed by atoms with E-state index in [0.29, 0.717) is 42.6 Å². The van der Waals surface area contributed by atoms with Crippen molar-refractivity contribution in [1.82, 2.24) is 15.3 Å². The van der Waals surface area contributed by atoms with Gasteiger partial charge < -0.3 is 14.6 Å². The Kier molecular flexibility index (Phi) is 7.59. The zero-order valence-corrected chi connectivity index (χ0v) is 23.0. The maximum absolute atomic E-state index is 13.9. The van der Waals surface area contributed by atoms with Gasteiger partial charge in [-0.3, -0.25) is 14.8 Å². The highest BCUT2D eigenvalue weighted by Crippen LogP contribution is 2.66. The highest BCUT2D eigenvalue weighted by Gasteiger charge is 2.68. The summed E-state index contributed by atoms with van der Waals surface area (Å²) in [5.74, 6) is 1.92. The molecule has 4 fully saturated rings. The largest absolute Gasteiger partial charge is 0.461 e. The van der Waals surface area contributed by atoms with E-state index in [1.54, 1.807) is 18.6 Å². The highest BCUT2D eigenvalue weighted by molar-refractivity contribution is 6.47. The van der Waals surface area contributed by atoms with E-state index in [0.717, 1.165) is 24.1 Å². The summed E-state index contributed by atoms with van der Waals surface area (Å²) < 4.78 is 13.5. The highest BCUT2D eigenvalue weighted by atomic mass is 16.7. The van der Waals surface area contributed by atoms with Gasteiger partial charge in [-0.15, -0.1) is 0 Å². The average molecular weight is 503 g/mol. The topological polar surface area (TPSA) is 73.3 Å². The van der Waals surface area contributed by atoms with Crippen LogP contribution in [0.5, 0.6) is 0 Å². The molecule has 3 aliphatic carbocycles. The summed E-state index contributed by atoms with van der Waals surface area (Å²) in [6, 6.07) is 9.90. The fraction of sp³-hybridized carbons (Fsp3) is 0.633. The molecule has 3 saturated carbocycles. The van der Waals surface area contributed by atoms with Crippen LogP contribution in [0.15, 0.2) is 48.9 Å². The van der Waals surface area contributed by atoms with Crippen LogP contribution in [0, 0.1) is 23.2 Å². The predicted molar refractivity (Wildman–Crippen MR) is 146 cm³/mol. The molecule has 1 N–H and O–H groups in total. The number of carbonyl (C=O) groups is 1. The predicted octanol–water partition coefficient (Wildman–Crippen LogP) is 5.28. The van der Waals surface area contributed by atoms with E-state index < -0.39 is 0 Å². The molecule has 6 nitrogen and oxygen atoms in total. The van der Waals surface area contributed by atoms with Crippen molar-refractivity contribution in [3.63, 3.8) is 0 Å². The number of rotatable bonds is 11. The van der Waals surface area contributed by atoms with Gasteiger partial charge in [-0.1, -0.05) is 58.0 Å². The van der Waals surface area contributed by atoms with Gasteiger partial charge in [0.2, 0.25) is 0 Å². The number of nitrogens with zero attached hydrogens (tertiary/aromatic N) is 2. The Morgan fingerprint density at radius 1 is 1.16 bits per heavy atom. The molecule has 4 aliphatic rings. The molecule has 1 saturated heterocycles. The van der Waals surface area contributed by atoms with Crippen LogP contribution in [0.25, 0.3) is 0 Å². The van der Waals surface area contributed by atoms with Crippen molar-refractivity contribution in [3.8, 4) is 0 Å². The fourth-order valence-electron chi connectivity index (χ4n) is 7.20. The van der Waals surface area contributed by atoms with Crippen LogP contribution in [0.3, 0.4) is 0 Å². The van der Waals surface area contributed by atoms with Crippen LogP contribution in [-0.2, 0) is 27.1 Å². The first-order valence-corrected chi connectivity index (χ1v) is 14.0. The van der Waals surface area contributed by atoms with Crippen LogP contribution in [0.1, 0.15) is 71.6 Å². The zero-order valence-electron chi connectivity index (χ0n) is 23.0. The van der Waals surface area contributed by atoms with Crippen molar-refractivity contribution >= 4 is 12.9 Å². The summed E-state index contributed by atoms with van der Waals surface area (Å²) in [5.41, 5.74) is 2.02. The summed E-state index contributed by atoms with van der Waals surface area (Å²) in [6.07, 6.45) is 9.50. The minimum Gasteiger partial charge on any atom is -0.405 e. The lowest BCUT2D eigenvalue weighted by atomic mass is 9.43.